The van der Waals surface area contributed by atoms with Crippen LogP contribution in [0.5, 0.6) is 0 Å². The number of hydrogen-bond acceptors (Lipinski definition) is 8. The Kier molecular flexibility index (Phi) is 6.68. The summed E-state index contributed by atoms with van der Waals surface area (Å²) in [6, 6.07) is 10.1. The Hall–Kier alpha value is -2.62. The van der Waals surface area contributed by atoms with Crippen LogP contribution < -0.4 is 4.90 Å². The van der Waals surface area contributed by atoms with Crippen LogP contribution in [0.1, 0.15) is 12.0 Å². The molecule has 2 fully saturated rings. The van der Waals surface area contributed by atoms with Crippen LogP contribution in [0, 0.1) is 11.3 Å². The van der Waals surface area contributed by atoms with Crippen LogP contribution in [0.4, 0.5) is 5.69 Å². The van der Waals surface area contributed by atoms with Gasteiger partial charge < -0.3 is 4.74 Å². The molecule has 11 heteroatoms. The second-order valence-electron chi connectivity index (χ2n) is 7.45. The predicted molar refractivity (Wildman–Crippen MR) is 118 cm³/mol. The van der Waals surface area contributed by atoms with Crippen molar-refractivity contribution in [1.29, 1.82) is 5.26 Å². The molecule has 1 atom stereocenters. The molecule has 2 aliphatic heterocycles. The number of thiophene rings is 1. The molecule has 1 unspecified atom stereocenters. The summed E-state index contributed by atoms with van der Waals surface area (Å²) in [6.07, 6.45) is -0.230. The van der Waals surface area contributed by atoms with E-state index in [1.54, 1.807) is 11.4 Å². The first-order chi connectivity index (χ1) is 15.4. The van der Waals surface area contributed by atoms with Crippen molar-refractivity contribution in [3.05, 3.63) is 47.3 Å². The third-order valence-corrected chi connectivity index (χ3v) is 8.80. The van der Waals surface area contributed by atoms with Gasteiger partial charge in [-0.2, -0.15) is 9.57 Å². The lowest BCUT2D eigenvalue weighted by Gasteiger charge is -2.31. The SMILES string of the molecule is N#Cc1ccc(N2C(=O)CC(N(CCN3CCOCC3)S(=O)(=O)c3cccs3)C2=O)cc1. The summed E-state index contributed by atoms with van der Waals surface area (Å²) < 4.78 is 33.5. The first-order valence-corrected chi connectivity index (χ1v) is 12.5. The van der Waals surface area contributed by atoms with E-state index in [9.17, 15) is 18.0 Å². The first-order valence-electron chi connectivity index (χ1n) is 10.1. The summed E-state index contributed by atoms with van der Waals surface area (Å²) in [4.78, 5) is 29.1. The Morgan fingerprint density at radius 3 is 2.50 bits per heavy atom. The zero-order valence-electron chi connectivity index (χ0n) is 17.2. The average Bonchev–Trinajstić information content (AvgIpc) is 3.44. The van der Waals surface area contributed by atoms with Gasteiger partial charge in [-0.15, -0.1) is 11.3 Å². The van der Waals surface area contributed by atoms with Crippen molar-refractivity contribution in [3.63, 3.8) is 0 Å². The van der Waals surface area contributed by atoms with E-state index in [-0.39, 0.29) is 17.2 Å². The normalized spacial score (nSPS) is 20.1. The highest BCUT2D eigenvalue weighted by molar-refractivity contribution is 7.91. The van der Waals surface area contributed by atoms with Crippen molar-refractivity contribution in [3.8, 4) is 6.07 Å². The number of anilines is 1. The number of nitrogens with zero attached hydrogens (tertiary/aromatic N) is 4. The van der Waals surface area contributed by atoms with Gasteiger partial charge in [0, 0.05) is 26.2 Å². The summed E-state index contributed by atoms with van der Waals surface area (Å²) in [5, 5.41) is 10.6. The number of ether oxygens (including phenoxy) is 1. The minimum atomic E-state index is -3.96. The fraction of sp³-hybridized carbons (Fsp3) is 0.381. The fourth-order valence-electron chi connectivity index (χ4n) is 3.83. The van der Waals surface area contributed by atoms with E-state index in [0.29, 0.717) is 44.1 Å². The summed E-state index contributed by atoms with van der Waals surface area (Å²) in [6.45, 7) is 3.04. The minimum absolute atomic E-state index is 0.0884. The molecule has 2 saturated heterocycles. The van der Waals surface area contributed by atoms with Gasteiger partial charge in [-0.1, -0.05) is 6.07 Å². The van der Waals surface area contributed by atoms with Crippen LogP contribution in [-0.2, 0) is 24.3 Å². The van der Waals surface area contributed by atoms with Gasteiger partial charge in [0.05, 0.1) is 37.0 Å². The maximum Gasteiger partial charge on any atom is 0.253 e. The molecular formula is C21H22N4O5S2. The van der Waals surface area contributed by atoms with Gasteiger partial charge in [0.25, 0.3) is 15.9 Å². The van der Waals surface area contributed by atoms with Crippen molar-refractivity contribution >= 4 is 38.9 Å². The van der Waals surface area contributed by atoms with Crippen molar-refractivity contribution in [2.75, 3.05) is 44.3 Å². The number of hydrogen-bond donors (Lipinski definition) is 0. The molecule has 0 bridgehead atoms. The van der Waals surface area contributed by atoms with Gasteiger partial charge in [0.1, 0.15) is 10.3 Å². The fourth-order valence-corrected chi connectivity index (χ4v) is 6.52. The molecule has 0 spiro atoms. The summed E-state index contributed by atoms with van der Waals surface area (Å²) in [7, 11) is -3.96. The first kappa shape index (κ1) is 22.6. The Labute approximate surface area is 190 Å². The molecule has 4 rings (SSSR count). The van der Waals surface area contributed by atoms with Crippen molar-refractivity contribution in [1.82, 2.24) is 9.21 Å². The van der Waals surface area contributed by atoms with Crippen LogP contribution in [0.25, 0.3) is 0 Å². The highest BCUT2D eigenvalue weighted by Gasteiger charge is 2.47. The summed E-state index contributed by atoms with van der Waals surface area (Å²) >= 11 is 1.08. The Balaban J connectivity index is 1.61. The molecule has 2 aliphatic rings. The number of rotatable bonds is 7. The van der Waals surface area contributed by atoms with E-state index in [1.165, 1.54) is 30.3 Å². The number of nitriles is 1. The number of carbonyl (C=O) groups excluding carboxylic acids is 2. The van der Waals surface area contributed by atoms with Crippen LogP contribution in [0.15, 0.2) is 46.0 Å². The highest BCUT2D eigenvalue weighted by Crippen LogP contribution is 2.30. The average molecular weight is 475 g/mol. The molecular weight excluding hydrogens is 452 g/mol. The molecule has 3 heterocycles. The number of benzene rings is 1. The second kappa shape index (κ2) is 9.48. The maximum atomic E-state index is 13.4. The van der Waals surface area contributed by atoms with Crippen LogP contribution in [0.3, 0.4) is 0 Å². The molecule has 32 heavy (non-hydrogen) atoms. The van der Waals surface area contributed by atoms with Crippen molar-refractivity contribution in [2.45, 2.75) is 16.7 Å². The maximum absolute atomic E-state index is 13.4. The minimum Gasteiger partial charge on any atom is -0.379 e. The smallest absolute Gasteiger partial charge is 0.253 e. The van der Waals surface area contributed by atoms with Gasteiger partial charge in [0.2, 0.25) is 5.91 Å². The lowest BCUT2D eigenvalue weighted by atomic mass is 10.2. The van der Waals surface area contributed by atoms with Crippen LogP contribution >= 0.6 is 11.3 Å². The molecule has 9 nitrogen and oxygen atoms in total. The standard InChI is InChI=1S/C21H22N4O5S2/c22-15-16-3-5-17(6-4-16)25-19(26)14-18(21(25)27)24(8-7-23-9-11-30-12-10-23)32(28,29)20-2-1-13-31-20/h1-6,13,18H,7-12,14H2. The Morgan fingerprint density at radius 1 is 1.16 bits per heavy atom. The molecule has 2 aromatic rings. The highest BCUT2D eigenvalue weighted by atomic mass is 32.2. The van der Waals surface area contributed by atoms with Gasteiger partial charge in [-0.05, 0) is 35.7 Å². The molecule has 0 N–H and O–H groups in total. The van der Waals surface area contributed by atoms with E-state index in [0.717, 1.165) is 20.5 Å². The lowest BCUT2D eigenvalue weighted by Crippen LogP contribution is -2.49. The Morgan fingerprint density at radius 2 is 1.88 bits per heavy atom. The molecule has 1 aromatic carbocycles. The lowest BCUT2D eigenvalue weighted by molar-refractivity contribution is -0.122. The van der Waals surface area contributed by atoms with Gasteiger partial charge >= 0.3 is 0 Å². The van der Waals surface area contributed by atoms with Gasteiger partial charge in [0.15, 0.2) is 0 Å². The van der Waals surface area contributed by atoms with Crippen LogP contribution in [-0.4, -0.2) is 74.9 Å². The van der Waals surface area contributed by atoms with E-state index in [1.807, 2.05) is 6.07 Å². The third-order valence-electron chi connectivity index (χ3n) is 5.52. The number of imide groups is 1. The van der Waals surface area contributed by atoms with E-state index in [2.05, 4.69) is 4.90 Å². The molecule has 0 saturated carbocycles. The number of carbonyl (C=O) groups is 2. The molecule has 2 amide bonds. The summed E-state index contributed by atoms with van der Waals surface area (Å²) in [5.74, 6) is -1.05. The zero-order chi connectivity index (χ0) is 22.7. The molecule has 168 valence electrons. The third kappa shape index (κ3) is 4.46. The zero-order valence-corrected chi connectivity index (χ0v) is 18.8. The number of morpholine rings is 1. The molecule has 0 radical (unpaired) electrons. The number of amides is 2. The Bertz CT molecular complexity index is 1120. The van der Waals surface area contributed by atoms with Gasteiger partial charge in [-0.25, -0.2) is 13.3 Å². The van der Waals surface area contributed by atoms with Gasteiger partial charge in [-0.3, -0.25) is 14.5 Å². The van der Waals surface area contributed by atoms with Crippen LogP contribution in [0.2, 0.25) is 0 Å². The molecule has 0 aliphatic carbocycles. The number of sulfonamides is 1. The quantitative estimate of drug-likeness (QED) is 0.556. The van der Waals surface area contributed by atoms with E-state index in [4.69, 9.17) is 10.00 Å². The van der Waals surface area contributed by atoms with E-state index >= 15 is 0 Å². The van der Waals surface area contributed by atoms with Crippen molar-refractivity contribution < 1.29 is 22.7 Å². The largest absolute Gasteiger partial charge is 0.379 e. The predicted octanol–water partition coefficient (Wildman–Crippen LogP) is 1.27. The molecule has 1 aromatic heterocycles. The summed E-state index contributed by atoms with van der Waals surface area (Å²) in [5.41, 5.74) is 0.722. The van der Waals surface area contributed by atoms with Crippen molar-refractivity contribution in [2.24, 2.45) is 0 Å². The monoisotopic (exact) mass is 474 g/mol. The second-order valence-corrected chi connectivity index (χ2v) is 10.5. The van der Waals surface area contributed by atoms with E-state index < -0.39 is 27.9 Å². The topological polar surface area (TPSA) is 111 Å².